The summed E-state index contributed by atoms with van der Waals surface area (Å²) >= 11 is 0. The highest BCUT2D eigenvalue weighted by Gasteiger charge is 2.25. The highest BCUT2D eigenvalue weighted by atomic mass is 16.3. The number of fused-ring (bicyclic) bond motifs is 1. The van der Waals surface area contributed by atoms with Crippen molar-refractivity contribution in [3.8, 4) is 11.5 Å². The molecule has 0 unspecified atom stereocenters. The topological polar surface area (TPSA) is 95.4 Å². The summed E-state index contributed by atoms with van der Waals surface area (Å²) in [4.78, 5) is 42.3. The van der Waals surface area contributed by atoms with Gasteiger partial charge in [-0.3, -0.25) is 14.4 Å². The van der Waals surface area contributed by atoms with Gasteiger partial charge in [-0.2, -0.15) is 0 Å². The normalized spacial score (nSPS) is 12.4. The molecule has 5 rings (SSSR count). The molecule has 0 radical (unpaired) electrons. The van der Waals surface area contributed by atoms with Gasteiger partial charge in [0.1, 0.15) is 11.3 Å². The number of rotatable bonds is 4. The molecule has 0 spiro atoms. The number of para-hydroxylation sites is 1. The summed E-state index contributed by atoms with van der Waals surface area (Å²) in [5.41, 5.74) is 3.07. The predicted octanol–water partition coefficient (Wildman–Crippen LogP) is 4.09. The minimum absolute atomic E-state index is 0.0193. The molecule has 3 heterocycles. The number of aromatic amines is 1. The molecule has 0 saturated carbocycles. The van der Waals surface area contributed by atoms with Gasteiger partial charge in [0.2, 0.25) is 0 Å². The number of carbonyl (C=O) groups is 2. The maximum absolute atomic E-state index is 12.9. The first-order valence-corrected chi connectivity index (χ1v) is 10.2. The van der Waals surface area contributed by atoms with Gasteiger partial charge >= 0.3 is 0 Å². The van der Waals surface area contributed by atoms with E-state index in [1.165, 1.54) is 12.3 Å². The van der Waals surface area contributed by atoms with Crippen molar-refractivity contribution in [1.82, 2.24) is 4.98 Å². The van der Waals surface area contributed by atoms with Gasteiger partial charge in [-0.25, -0.2) is 0 Å². The Morgan fingerprint density at radius 3 is 2.50 bits per heavy atom. The van der Waals surface area contributed by atoms with Crippen molar-refractivity contribution in [2.75, 3.05) is 16.8 Å². The number of furan rings is 1. The minimum atomic E-state index is -0.537. The standard InChI is InChI=1S/C25H19N3O4/c29-23(19-11-12-20(27-24(19)30)22-6-3-15-32-22)26-18-9-7-17(8-10-18)25(31)28-14-13-16-4-1-2-5-21(16)28/h1-12,15H,13-14H2,(H,26,29)(H,27,30). The Bertz CT molecular complexity index is 1350. The average Bonchev–Trinajstić information content (AvgIpc) is 3.49. The predicted molar refractivity (Wildman–Crippen MR) is 121 cm³/mol. The Hall–Kier alpha value is -4.39. The second kappa shape index (κ2) is 8.03. The van der Waals surface area contributed by atoms with E-state index < -0.39 is 11.5 Å². The molecule has 7 heteroatoms. The SMILES string of the molecule is O=C(Nc1ccc(C(=O)N2CCc3ccccc32)cc1)c1ccc(-c2ccco2)[nH]c1=O. The van der Waals surface area contributed by atoms with Gasteiger partial charge in [-0.05, 0) is 66.6 Å². The van der Waals surface area contributed by atoms with E-state index in [1.54, 1.807) is 47.4 Å². The number of amides is 2. The molecule has 2 aromatic heterocycles. The Balaban J connectivity index is 1.29. The lowest BCUT2D eigenvalue weighted by molar-refractivity contribution is 0.0988. The molecule has 32 heavy (non-hydrogen) atoms. The summed E-state index contributed by atoms with van der Waals surface area (Å²) in [6.07, 6.45) is 2.34. The molecule has 0 fully saturated rings. The summed E-state index contributed by atoms with van der Waals surface area (Å²) < 4.78 is 5.26. The van der Waals surface area contributed by atoms with Crippen LogP contribution in [0, 0.1) is 0 Å². The van der Waals surface area contributed by atoms with Crippen LogP contribution < -0.4 is 15.8 Å². The van der Waals surface area contributed by atoms with Crippen LogP contribution in [0.2, 0.25) is 0 Å². The van der Waals surface area contributed by atoms with Gasteiger partial charge in [-0.15, -0.1) is 0 Å². The van der Waals surface area contributed by atoms with Crippen molar-refractivity contribution in [1.29, 1.82) is 0 Å². The molecule has 0 bridgehead atoms. The van der Waals surface area contributed by atoms with Crippen molar-refractivity contribution in [2.45, 2.75) is 6.42 Å². The number of benzene rings is 2. The number of carbonyl (C=O) groups excluding carboxylic acids is 2. The van der Waals surface area contributed by atoms with Gasteiger partial charge < -0.3 is 19.6 Å². The first-order valence-electron chi connectivity index (χ1n) is 10.2. The molecular weight excluding hydrogens is 406 g/mol. The number of aromatic nitrogens is 1. The molecule has 2 amide bonds. The zero-order chi connectivity index (χ0) is 22.1. The molecule has 0 saturated heterocycles. The Labute approximate surface area is 183 Å². The molecule has 1 aliphatic heterocycles. The maximum atomic E-state index is 12.9. The van der Waals surface area contributed by atoms with E-state index >= 15 is 0 Å². The van der Waals surface area contributed by atoms with Crippen LogP contribution in [-0.4, -0.2) is 23.3 Å². The molecular formula is C25H19N3O4. The first kappa shape index (κ1) is 19.6. The van der Waals surface area contributed by atoms with Crippen molar-refractivity contribution >= 4 is 23.2 Å². The highest BCUT2D eigenvalue weighted by molar-refractivity contribution is 6.08. The molecule has 2 N–H and O–H groups in total. The van der Waals surface area contributed by atoms with E-state index in [9.17, 15) is 14.4 Å². The lowest BCUT2D eigenvalue weighted by atomic mass is 10.1. The van der Waals surface area contributed by atoms with Gasteiger partial charge in [-0.1, -0.05) is 18.2 Å². The number of nitrogens with zero attached hydrogens (tertiary/aromatic N) is 1. The van der Waals surface area contributed by atoms with Crippen molar-refractivity contribution in [3.05, 3.63) is 106 Å². The van der Waals surface area contributed by atoms with E-state index in [0.717, 1.165) is 17.7 Å². The number of pyridine rings is 1. The number of hydrogen-bond acceptors (Lipinski definition) is 4. The van der Waals surface area contributed by atoms with Gasteiger partial charge in [0.15, 0.2) is 0 Å². The number of hydrogen-bond donors (Lipinski definition) is 2. The van der Waals surface area contributed by atoms with Gasteiger partial charge in [0.25, 0.3) is 17.4 Å². The monoisotopic (exact) mass is 425 g/mol. The maximum Gasteiger partial charge on any atom is 0.261 e. The van der Waals surface area contributed by atoms with Gasteiger partial charge in [0, 0.05) is 23.5 Å². The lowest BCUT2D eigenvalue weighted by Crippen LogP contribution is -2.28. The molecule has 7 nitrogen and oxygen atoms in total. The van der Waals surface area contributed by atoms with Crippen LogP contribution in [0.3, 0.4) is 0 Å². The van der Waals surface area contributed by atoms with Crippen LogP contribution in [0.1, 0.15) is 26.3 Å². The van der Waals surface area contributed by atoms with E-state index in [1.807, 2.05) is 24.3 Å². The molecule has 0 atom stereocenters. The second-order valence-electron chi connectivity index (χ2n) is 7.46. The van der Waals surface area contributed by atoms with Crippen molar-refractivity contribution in [3.63, 3.8) is 0 Å². The van der Waals surface area contributed by atoms with E-state index in [-0.39, 0.29) is 11.5 Å². The number of nitrogens with one attached hydrogen (secondary N) is 2. The van der Waals surface area contributed by atoms with Crippen molar-refractivity contribution < 1.29 is 14.0 Å². The van der Waals surface area contributed by atoms with E-state index in [4.69, 9.17) is 4.42 Å². The summed E-state index contributed by atoms with van der Waals surface area (Å²) in [5.74, 6) is -0.113. The van der Waals surface area contributed by atoms with E-state index in [0.29, 0.717) is 29.2 Å². The fourth-order valence-corrected chi connectivity index (χ4v) is 3.83. The van der Waals surface area contributed by atoms with Crippen LogP contribution in [0.15, 0.2) is 88.3 Å². The first-order chi connectivity index (χ1) is 15.6. The molecule has 2 aromatic carbocycles. The Morgan fingerprint density at radius 1 is 0.938 bits per heavy atom. The Morgan fingerprint density at radius 2 is 1.75 bits per heavy atom. The smallest absolute Gasteiger partial charge is 0.261 e. The van der Waals surface area contributed by atoms with Crippen LogP contribution in [0.4, 0.5) is 11.4 Å². The fourth-order valence-electron chi connectivity index (χ4n) is 3.83. The largest absolute Gasteiger partial charge is 0.463 e. The average molecular weight is 425 g/mol. The minimum Gasteiger partial charge on any atom is -0.463 e. The quantitative estimate of drug-likeness (QED) is 0.515. The number of anilines is 2. The molecule has 4 aromatic rings. The van der Waals surface area contributed by atoms with E-state index in [2.05, 4.69) is 10.3 Å². The third-order valence-electron chi connectivity index (χ3n) is 5.46. The third kappa shape index (κ3) is 3.60. The molecule has 0 aliphatic carbocycles. The van der Waals surface area contributed by atoms with Crippen LogP contribution in [-0.2, 0) is 6.42 Å². The van der Waals surface area contributed by atoms with Crippen LogP contribution in [0.5, 0.6) is 0 Å². The summed E-state index contributed by atoms with van der Waals surface area (Å²) in [5, 5.41) is 2.70. The molecule has 158 valence electrons. The highest BCUT2D eigenvalue weighted by Crippen LogP contribution is 2.29. The second-order valence-corrected chi connectivity index (χ2v) is 7.46. The van der Waals surface area contributed by atoms with Crippen LogP contribution >= 0.6 is 0 Å². The third-order valence-corrected chi connectivity index (χ3v) is 5.46. The van der Waals surface area contributed by atoms with Crippen molar-refractivity contribution in [2.24, 2.45) is 0 Å². The summed E-state index contributed by atoms with van der Waals surface area (Å²) in [6.45, 7) is 0.646. The lowest BCUT2D eigenvalue weighted by Gasteiger charge is -2.17. The van der Waals surface area contributed by atoms with Gasteiger partial charge in [0.05, 0.1) is 12.0 Å². The fraction of sp³-hybridized carbons (Fsp3) is 0.0800. The number of H-pyrrole nitrogens is 1. The molecule has 1 aliphatic rings. The zero-order valence-electron chi connectivity index (χ0n) is 17.0. The summed E-state index contributed by atoms with van der Waals surface area (Å²) in [6, 6.07) is 21.0. The summed E-state index contributed by atoms with van der Waals surface area (Å²) in [7, 11) is 0. The zero-order valence-corrected chi connectivity index (χ0v) is 17.0. The van der Waals surface area contributed by atoms with Crippen LogP contribution in [0.25, 0.3) is 11.5 Å². The Kier molecular flexibility index (Phi) is 4.91.